The fourth-order valence-corrected chi connectivity index (χ4v) is 9.54. The molecular weight excluding hydrogens is 973 g/mol. The summed E-state index contributed by atoms with van der Waals surface area (Å²) < 4.78 is 16.8. The predicted octanol–water partition coefficient (Wildman–Crippen LogP) is 23.2. The van der Waals surface area contributed by atoms with Gasteiger partial charge in [0.1, 0.15) is 13.2 Å². The van der Waals surface area contributed by atoms with Crippen molar-refractivity contribution in [1.82, 2.24) is 0 Å². The molecule has 0 aliphatic carbocycles. The molecule has 0 N–H and O–H groups in total. The number of rotatable bonds is 61. The first kappa shape index (κ1) is 75.3. The van der Waals surface area contributed by atoms with Crippen LogP contribution in [0.5, 0.6) is 0 Å². The molecule has 1 atom stereocenters. The zero-order valence-corrected chi connectivity index (χ0v) is 52.1. The van der Waals surface area contributed by atoms with Crippen molar-refractivity contribution in [2.24, 2.45) is 0 Å². The van der Waals surface area contributed by atoms with E-state index in [9.17, 15) is 14.4 Å². The lowest BCUT2D eigenvalue weighted by Gasteiger charge is -2.18. The number of unbranched alkanes of at least 4 members (excludes halogenated alkanes) is 34. The van der Waals surface area contributed by atoms with Crippen molar-refractivity contribution in [2.45, 2.75) is 335 Å². The van der Waals surface area contributed by atoms with Crippen LogP contribution >= 0.6 is 0 Å². The van der Waals surface area contributed by atoms with Crippen LogP contribution < -0.4 is 0 Å². The summed E-state index contributed by atoms with van der Waals surface area (Å²) in [4.78, 5) is 38.1. The van der Waals surface area contributed by atoms with E-state index in [4.69, 9.17) is 14.2 Å². The monoisotopic (exact) mass is 1100 g/mol. The first-order chi connectivity index (χ1) is 39.0. The van der Waals surface area contributed by atoms with Gasteiger partial charge in [-0.05, 0) is 103 Å². The standard InChI is InChI=1S/C73H126O6/c1-4-7-10-13-16-18-20-22-24-26-28-30-32-34-35-36-37-39-40-42-44-46-48-50-52-54-57-60-63-66-72(75)78-69-70(68-77-71(74)65-62-59-56-15-12-9-6-3)79-73(76)67-64-61-58-55-53-51-49-47-45-43-41-38-33-31-29-27-25-23-21-19-17-14-11-8-5-2/h8,11,17,19,23,25-26,28-29,31,38,41,45,47,51,53,70H,4-7,9-10,12-16,18,20-22,24,27,30,32-37,39-40,42-44,46,48-50,52,54-69H2,1-3H3/b11-8-,19-17-,25-23-,28-26-,31-29-,41-38-,47-45-,53-51-. The highest BCUT2D eigenvalue weighted by Gasteiger charge is 2.19. The van der Waals surface area contributed by atoms with Crippen LogP contribution in [0.2, 0.25) is 0 Å². The number of carbonyl (C=O) groups is 3. The Morgan fingerprint density at radius 3 is 0.797 bits per heavy atom. The first-order valence-corrected chi connectivity index (χ1v) is 33.7. The second kappa shape index (κ2) is 66.8. The molecule has 0 heterocycles. The van der Waals surface area contributed by atoms with Crippen LogP contribution in [0.4, 0.5) is 0 Å². The van der Waals surface area contributed by atoms with Crippen LogP contribution in [0.1, 0.15) is 329 Å². The van der Waals surface area contributed by atoms with Crippen LogP contribution in [-0.2, 0) is 28.6 Å². The number of ether oxygens (including phenoxy) is 3. The summed E-state index contributed by atoms with van der Waals surface area (Å²) in [7, 11) is 0. The highest BCUT2D eigenvalue weighted by atomic mass is 16.6. The van der Waals surface area contributed by atoms with E-state index in [0.29, 0.717) is 12.8 Å². The van der Waals surface area contributed by atoms with Gasteiger partial charge in [0.2, 0.25) is 0 Å². The van der Waals surface area contributed by atoms with Crippen molar-refractivity contribution in [3.8, 4) is 0 Å². The van der Waals surface area contributed by atoms with Crippen molar-refractivity contribution < 1.29 is 28.6 Å². The average molecular weight is 1100 g/mol. The molecule has 0 aliphatic heterocycles. The van der Waals surface area contributed by atoms with Gasteiger partial charge in [0.15, 0.2) is 6.10 Å². The van der Waals surface area contributed by atoms with E-state index in [1.807, 2.05) is 0 Å². The topological polar surface area (TPSA) is 78.9 Å². The van der Waals surface area contributed by atoms with Crippen molar-refractivity contribution >= 4 is 17.9 Å². The van der Waals surface area contributed by atoms with Crippen LogP contribution in [0.15, 0.2) is 97.2 Å². The molecule has 0 aromatic rings. The van der Waals surface area contributed by atoms with Gasteiger partial charge in [-0.1, -0.05) is 304 Å². The lowest BCUT2D eigenvalue weighted by atomic mass is 10.0. The highest BCUT2D eigenvalue weighted by Crippen LogP contribution is 2.17. The Morgan fingerprint density at radius 1 is 0.266 bits per heavy atom. The number of carbonyl (C=O) groups excluding carboxylic acids is 3. The maximum Gasteiger partial charge on any atom is 0.306 e. The summed E-state index contributed by atoms with van der Waals surface area (Å²) in [6.45, 7) is 6.48. The summed E-state index contributed by atoms with van der Waals surface area (Å²) in [5.41, 5.74) is 0. The molecule has 0 rings (SSSR count). The fourth-order valence-electron chi connectivity index (χ4n) is 9.54. The molecule has 454 valence electrons. The normalized spacial score (nSPS) is 12.7. The van der Waals surface area contributed by atoms with E-state index < -0.39 is 6.10 Å². The van der Waals surface area contributed by atoms with Gasteiger partial charge < -0.3 is 14.2 Å². The van der Waals surface area contributed by atoms with Gasteiger partial charge in [-0.2, -0.15) is 0 Å². The molecule has 0 aromatic carbocycles. The summed E-state index contributed by atoms with van der Waals surface area (Å²) in [5.74, 6) is -0.918. The smallest absolute Gasteiger partial charge is 0.306 e. The summed E-state index contributed by atoms with van der Waals surface area (Å²) >= 11 is 0. The van der Waals surface area contributed by atoms with Crippen molar-refractivity contribution in [1.29, 1.82) is 0 Å². The summed E-state index contributed by atoms with van der Waals surface area (Å²) in [6.07, 6.45) is 90.3. The predicted molar refractivity (Wildman–Crippen MR) is 344 cm³/mol. The van der Waals surface area contributed by atoms with Crippen molar-refractivity contribution in [3.63, 3.8) is 0 Å². The molecule has 0 bridgehead atoms. The molecule has 0 radical (unpaired) electrons. The van der Waals surface area contributed by atoms with Gasteiger partial charge in [0.25, 0.3) is 0 Å². The minimum absolute atomic E-state index is 0.0887. The Hall–Kier alpha value is -3.67. The number of allylic oxidation sites excluding steroid dienone is 16. The SMILES string of the molecule is CC/C=C\C/C=C\C/C=C\C/C=C\C/C=C\C/C=C\C/C=C\CCCCCC(=O)OC(COC(=O)CCCCCCCCC)COC(=O)CCCCCCCCCCCCCCCCCCC/C=C\CCCCCCCCCC. The lowest BCUT2D eigenvalue weighted by molar-refractivity contribution is -0.167. The van der Waals surface area contributed by atoms with Gasteiger partial charge in [0.05, 0.1) is 0 Å². The maximum atomic E-state index is 12.9. The molecule has 79 heavy (non-hydrogen) atoms. The molecule has 0 aromatic heterocycles. The number of esters is 3. The van der Waals surface area contributed by atoms with Crippen LogP contribution in [-0.4, -0.2) is 37.2 Å². The first-order valence-electron chi connectivity index (χ1n) is 33.7. The molecule has 0 aliphatic rings. The number of hydrogen-bond donors (Lipinski definition) is 0. The summed E-state index contributed by atoms with van der Waals surface area (Å²) in [5, 5.41) is 0. The van der Waals surface area contributed by atoms with Crippen LogP contribution in [0.3, 0.4) is 0 Å². The number of hydrogen-bond acceptors (Lipinski definition) is 6. The molecule has 6 nitrogen and oxygen atoms in total. The Morgan fingerprint density at radius 2 is 0.494 bits per heavy atom. The quantitative estimate of drug-likeness (QED) is 0.0261. The van der Waals surface area contributed by atoms with Gasteiger partial charge in [0, 0.05) is 19.3 Å². The van der Waals surface area contributed by atoms with Crippen molar-refractivity contribution in [3.05, 3.63) is 97.2 Å². The van der Waals surface area contributed by atoms with Crippen molar-refractivity contribution in [2.75, 3.05) is 13.2 Å². The van der Waals surface area contributed by atoms with Gasteiger partial charge in [-0.25, -0.2) is 0 Å². The third-order valence-electron chi connectivity index (χ3n) is 14.6. The Balaban J connectivity index is 4.15. The second-order valence-electron chi connectivity index (χ2n) is 22.4. The van der Waals surface area contributed by atoms with Crippen LogP contribution in [0, 0.1) is 0 Å². The van der Waals surface area contributed by atoms with Gasteiger partial charge in [-0.15, -0.1) is 0 Å². The van der Waals surface area contributed by atoms with E-state index in [2.05, 4.69) is 118 Å². The van der Waals surface area contributed by atoms with Gasteiger partial charge in [-0.3, -0.25) is 14.4 Å². The molecule has 1 unspecified atom stereocenters. The zero-order valence-electron chi connectivity index (χ0n) is 52.1. The molecular formula is C73H126O6. The Bertz CT molecular complexity index is 1540. The lowest BCUT2D eigenvalue weighted by Crippen LogP contribution is -2.30. The van der Waals surface area contributed by atoms with E-state index in [1.165, 1.54) is 180 Å². The third kappa shape index (κ3) is 65.0. The zero-order chi connectivity index (χ0) is 57.1. The third-order valence-corrected chi connectivity index (χ3v) is 14.6. The highest BCUT2D eigenvalue weighted by molar-refractivity contribution is 5.71. The van der Waals surface area contributed by atoms with E-state index in [-0.39, 0.29) is 37.5 Å². The molecule has 0 amide bonds. The molecule has 0 fully saturated rings. The molecule has 0 saturated carbocycles. The maximum absolute atomic E-state index is 12.9. The Kier molecular flexibility index (Phi) is 63.7. The largest absolute Gasteiger partial charge is 0.462 e. The van der Waals surface area contributed by atoms with Crippen LogP contribution in [0.25, 0.3) is 0 Å². The summed E-state index contributed by atoms with van der Waals surface area (Å²) in [6, 6.07) is 0. The van der Waals surface area contributed by atoms with Gasteiger partial charge >= 0.3 is 17.9 Å². The minimum atomic E-state index is -0.793. The second-order valence-corrected chi connectivity index (χ2v) is 22.4. The van der Waals surface area contributed by atoms with E-state index in [1.54, 1.807) is 0 Å². The fraction of sp³-hybridized carbons (Fsp3) is 0.740. The molecule has 0 saturated heterocycles. The average Bonchev–Trinajstić information content (AvgIpc) is 3.45. The molecule has 6 heteroatoms. The van der Waals surface area contributed by atoms with E-state index >= 15 is 0 Å². The van der Waals surface area contributed by atoms with E-state index in [0.717, 1.165) is 109 Å². The molecule has 0 spiro atoms. The Labute approximate surface area is 489 Å². The minimum Gasteiger partial charge on any atom is -0.462 e.